The van der Waals surface area contributed by atoms with Crippen LogP contribution in [0.3, 0.4) is 0 Å². The number of allylic oxidation sites excluding steroid dienone is 1. The number of benzene rings is 1. The fourth-order valence-electron chi connectivity index (χ4n) is 3.55. The van der Waals surface area contributed by atoms with Gasteiger partial charge in [-0.2, -0.15) is 0 Å². The van der Waals surface area contributed by atoms with Crippen molar-refractivity contribution in [2.75, 3.05) is 11.6 Å². The number of pyridine rings is 1. The summed E-state index contributed by atoms with van der Waals surface area (Å²) in [6.45, 7) is 21.3. The number of aryl methyl sites for hydroxylation is 1. The fourth-order valence-corrected chi connectivity index (χ4v) is 3.89. The molecule has 1 aromatic heterocycles. The van der Waals surface area contributed by atoms with E-state index in [2.05, 4.69) is 25.9 Å². The van der Waals surface area contributed by atoms with Crippen molar-refractivity contribution in [1.29, 1.82) is 0 Å². The van der Waals surface area contributed by atoms with Crippen LogP contribution < -0.4 is 4.90 Å². The third-order valence-electron chi connectivity index (χ3n) is 5.57. The monoisotopic (exact) mass is 834 g/mol. The van der Waals surface area contributed by atoms with Crippen LogP contribution in [0.2, 0.25) is 0 Å². The van der Waals surface area contributed by atoms with Gasteiger partial charge in [-0.25, -0.2) is 41.8 Å². The Labute approximate surface area is 323 Å². The van der Waals surface area contributed by atoms with Crippen LogP contribution >= 0.6 is 15.9 Å². The van der Waals surface area contributed by atoms with E-state index >= 15 is 0 Å². The highest BCUT2D eigenvalue weighted by Gasteiger charge is 2.38. The quantitative estimate of drug-likeness (QED) is 0.167. The molecule has 4 amide bonds. The minimum Gasteiger partial charge on any atom is -0.443 e. The second-order valence-corrected chi connectivity index (χ2v) is 14.8. The average Bonchev–Trinajstić information content (AvgIpc) is 3.02. The number of amides is 4. The van der Waals surface area contributed by atoms with Gasteiger partial charge in [0.2, 0.25) is 6.41 Å². The number of carbonyl (C=O) groups is 4. The molecule has 12 nitrogen and oxygen atoms in total. The first-order chi connectivity index (χ1) is 24.8. The lowest BCUT2D eigenvalue weighted by Crippen LogP contribution is -2.48. The molecule has 0 radical (unpaired) electrons. The number of aliphatic imine (C=N–C) groups is 1. The lowest BCUT2D eigenvalue weighted by atomic mass is 10.2. The van der Waals surface area contributed by atoms with E-state index < -0.39 is 60.0 Å². The molecule has 1 atom stereocenters. The van der Waals surface area contributed by atoms with Crippen molar-refractivity contribution in [3.63, 3.8) is 0 Å². The number of hydrogen-bond donors (Lipinski definition) is 0. The average molecular weight is 836 g/mol. The van der Waals surface area contributed by atoms with E-state index in [-0.39, 0.29) is 23.0 Å². The Balaban J connectivity index is 0.000000813. The van der Waals surface area contributed by atoms with Gasteiger partial charge in [-0.1, -0.05) is 13.8 Å². The number of aromatic nitrogens is 1. The Morgan fingerprint density at radius 3 is 1.76 bits per heavy atom. The zero-order chi connectivity index (χ0) is 42.2. The van der Waals surface area contributed by atoms with Gasteiger partial charge in [0.05, 0.1) is 11.7 Å². The third kappa shape index (κ3) is 19.0. The Bertz CT molecular complexity index is 1570. The summed E-state index contributed by atoms with van der Waals surface area (Å²) < 4.78 is 71.2. The van der Waals surface area contributed by atoms with E-state index in [1.165, 1.54) is 30.5 Å². The summed E-state index contributed by atoms with van der Waals surface area (Å²) in [6.07, 6.45) is -1.97. The summed E-state index contributed by atoms with van der Waals surface area (Å²) in [7, 11) is 0. The normalized spacial score (nSPS) is 13.7. The molecule has 2 aromatic rings. The van der Waals surface area contributed by atoms with Crippen LogP contribution in [0.25, 0.3) is 0 Å². The Hall–Kier alpha value is -4.54. The van der Waals surface area contributed by atoms with Crippen molar-refractivity contribution in [3.8, 4) is 0 Å². The standard InChI is InChI=1S/C16H25FN2O5.C12H14FNO3.C7H6BrF2N.C2H6/c1-10-8-11(9-17)22-12(18-10)19(13(20)23-15(2,3)4)14(21)24-16(5,6)7;1-12(2,3)17-11(16)14(8-15)10-6-4-9(13)5-7-10;1-4-6(7(9)10)2-5(8)3-11-4;1-2/h8,10H,9H2,1-7H3;4-8H,1-3H3;2-3,7H,1H3;1-2H3/t10-;;;/m0.../s1. The molecule has 54 heavy (non-hydrogen) atoms. The summed E-state index contributed by atoms with van der Waals surface area (Å²) >= 11 is 3.07. The van der Waals surface area contributed by atoms with Gasteiger partial charge in [0.25, 0.3) is 6.43 Å². The SMILES string of the molecule is CC.CC(C)(C)OC(=O)N(C=O)c1ccc(F)cc1.C[C@H]1C=C(CF)OC(N(C(=O)OC(C)(C)C)C(=O)OC(C)(C)C)=N1.Cc1ncc(Br)cc1C(F)F. The zero-order valence-corrected chi connectivity index (χ0v) is 34.5. The third-order valence-corrected chi connectivity index (χ3v) is 6.00. The molecule has 1 aliphatic rings. The molecular formula is C37H51BrF4N4O8. The molecular weight excluding hydrogens is 784 g/mol. The topological polar surface area (TPSA) is 137 Å². The number of alkyl halides is 3. The number of imide groups is 2. The van der Waals surface area contributed by atoms with Crippen molar-refractivity contribution in [3.05, 3.63) is 69.9 Å². The minimum absolute atomic E-state index is 0.0145. The highest BCUT2D eigenvalue weighted by Crippen LogP contribution is 2.24. The molecule has 302 valence electrons. The summed E-state index contributed by atoms with van der Waals surface area (Å²) in [5, 5.41) is 0. The van der Waals surface area contributed by atoms with Crippen LogP contribution in [-0.4, -0.2) is 70.1 Å². The lowest BCUT2D eigenvalue weighted by molar-refractivity contribution is -0.107. The van der Waals surface area contributed by atoms with Gasteiger partial charge in [-0.05, 0) is 128 Å². The molecule has 1 aromatic carbocycles. The van der Waals surface area contributed by atoms with Crippen molar-refractivity contribution >= 4 is 52.3 Å². The van der Waals surface area contributed by atoms with Gasteiger partial charge < -0.3 is 18.9 Å². The van der Waals surface area contributed by atoms with E-state index in [0.717, 1.165) is 17.0 Å². The summed E-state index contributed by atoms with van der Waals surface area (Å²) in [5.74, 6) is -0.478. The van der Waals surface area contributed by atoms with Crippen molar-refractivity contribution < 1.29 is 55.7 Å². The van der Waals surface area contributed by atoms with Crippen LogP contribution in [0.5, 0.6) is 0 Å². The maximum atomic E-state index is 12.9. The summed E-state index contributed by atoms with van der Waals surface area (Å²) in [4.78, 5) is 56.5. The first kappa shape index (κ1) is 49.5. The van der Waals surface area contributed by atoms with Crippen LogP contribution in [0.15, 0.2) is 57.8 Å². The van der Waals surface area contributed by atoms with E-state index in [4.69, 9.17) is 18.9 Å². The molecule has 0 saturated heterocycles. The van der Waals surface area contributed by atoms with Crippen LogP contribution in [-0.2, 0) is 23.7 Å². The second-order valence-electron chi connectivity index (χ2n) is 13.9. The van der Waals surface area contributed by atoms with Crippen LogP contribution in [0.1, 0.15) is 101 Å². The smallest absolute Gasteiger partial charge is 0.428 e. The fraction of sp³-hybridized carbons (Fsp3) is 0.514. The Morgan fingerprint density at radius 2 is 1.37 bits per heavy atom. The molecule has 0 unspecified atom stereocenters. The van der Waals surface area contributed by atoms with E-state index in [1.54, 1.807) is 76.2 Å². The van der Waals surface area contributed by atoms with Gasteiger partial charge in [-0.3, -0.25) is 9.78 Å². The number of hydrogen-bond acceptors (Lipinski definition) is 10. The van der Waals surface area contributed by atoms with Crippen molar-refractivity contribution in [2.45, 2.75) is 119 Å². The molecule has 3 rings (SSSR count). The first-order valence-electron chi connectivity index (χ1n) is 16.7. The van der Waals surface area contributed by atoms with Gasteiger partial charge in [0.15, 0.2) is 0 Å². The van der Waals surface area contributed by atoms with Gasteiger partial charge in [0, 0.05) is 21.9 Å². The number of rotatable bonds is 4. The van der Waals surface area contributed by atoms with Crippen LogP contribution in [0.4, 0.5) is 37.6 Å². The van der Waals surface area contributed by atoms with E-state index in [9.17, 15) is 36.7 Å². The zero-order valence-electron chi connectivity index (χ0n) is 32.9. The largest absolute Gasteiger partial charge is 0.443 e. The molecule has 0 saturated carbocycles. The highest BCUT2D eigenvalue weighted by molar-refractivity contribution is 9.10. The number of carbonyl (C=O) groups excluding carboxylic acids is 4. The Morgan fingerprint density at radius 1 is 0.907 bits per heavy atom. The van der Waals surface area contributed by atoms with Crippen LogP contribution in [0, 0.1) is 12.7 Å². The molecule has 1 aliphatic heterocycles. The number of anilines is 1. The van der Waals surface area contributed by atoms with Gasteiger partial charge in [-0.15, -0.1) is 4.90 Å². The number of ether oxygens (including phenoxy) is 4. The van der Waals surface area contributed by atoms with Crippen molar-refractivity contribution in [1.82, 2.24) is 9.88 Å². The number of amidine groups is 1. The number of halogens is 5. The molecule has 0 fully saturated rings. The second kappa shape index (κ2) is 22.0. The van der Waals surface area contributed by atoms with Gasteiger partial charge in [0.1, 0.15) is 35.1 Å². The van der Waals surface area contributed by atoms with E-state index in [0.29, 0.717) is 21.5 Å². The maximum Gasteiger partial charge on any atom is 0.428 e. The minimum atomic E-state index is -2.44. The summed E-state index contributed by atoms with van der Waals surface area (Å²) in [5.41, 5.74) is -1.77. The molecule has 2 heterocycles. The van der Waals surface area contributed by atoms with E-state index in [1.807, 2.05) is 13.8 Å². The van der Waals surface area contributed by atoms with Crippen molar-refractivity contribution in [2.24, 2.45) is 4.99 Å². The maximum absolute atomic E-state index is 12.9. The number of nitrogens with zero attached hydrogens (tertiary/aromatic N) is 4. The summed E-state index contributed by atoms with van der Waals surface area (Å²) in [6, 6.07) is 5.52. The molecule has 0 aliphatic carbocycles. The first-order valence-corrected chi connectivity index (χ1v) is 17.5. The molecule has 0 bridgehead atoms. The Kier molecular flexibility index (Phi) is 20.1. The highest BCUT2D eigenvalue weighted by atomic mass is 79.9. The molecule has 0 N–H and O–H groups in total. The molecule has 0 spiro atoms. The van der Waals surface area contributed by atoms with Gasteiger partial charge >= 0.3 is 24.3 Å². The molecule has 17 heteroatoms. The lowest BCUT2D eigenvalue weighted by Gasteiger charge is -2.30. The predicted octanol–water partition coefficient (Wildman–Crippen LogP) is 10.6. The predicted molar refractivity (Wildman–Crippen MR) is 201 cm³/mol.